The minimum atomic E-state index is -0.411. The first-order valence-electron chi connectivity index (χ1n) is 11.7. The van der Waals surface area contributed by atoms with Crippen molar-refractivity contribution in [3.63, 3.8) is 0 Å². The molecule has 0 saturated carbocycles. The molecule has 2 amide bonds. The Labute approximate surface area is 202 Å². The fourth-order valence-corrected chi connectivity index (χ4v) is 4.36. The summed E-state index contributed by atoms with van der Waals surface area (Å²) in [6.07, 6.45) is 4.73. The van der Waals surface area contributed by atoms with Gasteiger partial charge in [0.1, 0.15) is 17.7 Å². The van der Waals surface area contributed by atoms with Gasteiger partial charge in [-0.05, 0) is 48.5 Å². The number of carbonyl (C=O) groups is 2. The molecule has 3 aromatic rings. The second-order valence-electron chi connectivity index (χ2n) is 8.84. The summed E-state index contributed by atoms with van der Waals surface area (Å²) in [5.74, 6) is 0.0745. The molecule has 2 fully saturated rings. The zero-order chi connectivity index (χ0) is 24.2. The minimum Gasteiger partial charge on any atom is -0.490 e. The van der Waals surface area contributed by atoms with E-state index >= 15 is 0 Å². The van der Waals surface area contributed by atoms with E-state index in [2.05, 4.69) is 20.4 Å². The number of halogens is 1. The van der Waals surface area contributed by atoms with Crippen molar-refractivity contribution in [1.82, 2.24) is 15.1 Å². The van der Waals surface area contributed by atoms with Crippen molar-refractivity contribution in [1.29, 1.82) is 0 Å². The average molecular weight is 476 g/mol. The zero-order valence-corrected chi connectivity index (χ0v) is 19.1. The van der Waals surface area contributed by atoms with E-state index in [0.29, 0.717) is 44.6 Å². The van der Waals surface area contributed by atoms with Crippen LogP contribution in [0, 0.1) is 11.7 Å². The number of hydrogen-bond donors (Lipinski definition) is 1. The maximum absolute atomic E-state index is 13.4. The van der Waals surface area contributed by atoms with Crippen molar-refractivity contribution in [3.05, 3.63) is 78.4 Å². The summed E-state index contributed by atoms with van der Waals surface area (Å²) in [6, 6.07) is 15.0. The van der Waals surface area contributed by atoms with E-state index in [9.17, 15) is 14.0 Å². The Bertz CT molecular complexity index is 1180. The molecule has 0 radical (unpaired) electrons. The molecule has 5 rings (SSSR count). The highest BCUT2D eigenvalue weighted by Gasteiger charge is 2.33. The Balaban J connectivity index is 1.06. The smallest absolute Gasteiger partial charge is 0.253 e. The summed E-state index contributed by atoms with van der Waals surface area (Å²) in [7, 11) is 0. The Kier molecular flexibility index (Phi) is 6.56. The molecule has 9 heteroatoms. The van der Waals surface area contributed by atoms with Gasteiger partial charge in [0, 0.05) is 50.3 Å². The molecule has 35 heavy (non-hydrogen) atoms. The third kappa shape index (κ3) is 5.40. The number of anilines is 2. The van der Waals surface area contributed by atoms with Gasteiger partial charge in [0.15, 0.2) is 0 Å². The van der Waals surface area contributed by atoms with Crippen LogP contribution in [0.4, 0.5) is 15.8 Å². The van der Waals surface area contributed by atoms with Gasteiger partial charge in [0.2, 0.25) is 5.91 Å². The highest BCUT2D eigenvalue weighted by Crippen LogP contribution is 2.26. The second kappa shape index (κ2) is 10.1. The molecule has 8 nitrogen and oxygen atoms in total. The normalized spacial score (nSPS) is 16.5. The quantitative estimate of drug-likeness (QED) is 0.588. The predicted octanol–water partition coefficient (Wildman–Crippen LogP) is 3.37. The molecule has 2 saturated heterocycles. The van der Waals surface area contributed by atoms with Gasteiger partial charge < -0.3 is 19.9 Å². The fraction of sp³-hybridized carbons (Fsp3) is 0.308. The summed E-state index contributed by atoms with van der Waals surface area (Å²) in [5.41, 5.74) is 2.06. The van der Waals surface area contributed by atoms with E-state index in [1.54, 1.807) is 29.4 Å². The summed E-state index contributed by atoms with van der Waals surface area (Å²) < 4.78 is 19.5. The number of nitrogens with one attached hydrogen (secondary N) is 1. The van der Waals surface area contributed by atoms with Gasteiger partial charge in [-0.25, -0.2) is 4.39 Å². The highest BCUT2D eigenvalue weighted by atomic mass is 19.1. The van der Waals surface area contributed by atoms with Gasteiger partial charge in [-0.3, -0.25) is 9.59 Å². The number of rotatable bonds is 6. The lowest BCUT2D eigenvalue weighted by atomic mass is 9.98. The van der Waals surface area contributed by atoms with Gasteiger partial charge in [-0.15, -0.1) is 0 Å². The van der Waals surface area contributed by atoms with Crippen LogP contribution in [0.3, 0.4) is 0 Å². The molecular weight excluding hydrogens is 449 g/mol. The van der Waals surface area contributed by atoms with E-state index in [-0.39, 0.29) is 23.8 Å². The standard InChI is InChI=1S/C26H26FN5O3/c27-20-3-1-2-18(14-20)26(34)31-12-9-24(10-13-31)35-23-6-4-21(5-7-23)30-25(33)19-16-32(17-19)22-8-11-28-29-15-22/h1-8,11,14-15,19,24H,9-10,12-13,16-17H2,(H,30,33). The fourth-order valence-electron chi connectivity index (χ4n) is 4.36. The SMILES string of the molecule is O=C(Nc1ccc(OC2CCN(C(=O)c3cccc(F)c3)CC2)cc1)C1CN(c2ccnnc2)C1. The van der Waals surface area contributed by atoms with Crippen molar-refractivity contribution in [2.45, 2.75) is 18.9 Å². The minimum absolute atomic E-state index is 0.00404. The lowest BCUT2D eigenvalue weighted by Crippen LogP contribution is -2.52. The summed E-state index contributed by atoms with van der Waals surface area (Å²) in [4.78, 5) is 28.9. The number of aromatic nitrogens is 2. The van der Waals surface area contributed by atoms with Crippen LogP contribution in [0.25, 0.3) is 0 Å². The molecule has 180 valence electrons. The van der Waals surface area contributed by atoms with Crippen molar-refractivity contribution in [2.24, 2.45) is 5.92 Å². The molecule has 2 aromatic carbocycles. The monoisotopic (exact) mass is 475 g/mol. The maximum atomic E-state index is 13.4. The first-order valence-corrected chi connectivity index (χ1v) is 11.7. The molecule has 0 atom stereocenters. The molecule has 0 aliphatic carbocycles. The molecule has 0 bridgehead atoms. The van der Waals surface area contributed by atoms with Crippen molar-refractivity contribution >= 4 is 23.2 Å². The second-order valence-corrected chi connectivity index (χ2v) is 8.84. The largest absolute Gasteiger partial charge is 0.490 e. The van der Waals surface area contributed by atoms with E-state index in [4.69, 9.17) is 4.74 Å². The Morgan fingerprint density at radius 1 is 1.00 bits per heavy atom. The molecule has 1 aromatic heterocycles. The van der Waals surface area contributed by atoms with Crippen molar-refractivity contribution in [2.75, 3.05) is 36.4 Å². The van der Waals surface area contributed by atoms with Crippen LogP contribution in [-0.4, -0.2) is 59.2 Å². The Hall–Kier alpha value is -4.01. The third-order valence-corrected chi connectivity index (χ3v) is 6.41. The Morgan fingerprint density at radius 3 is 2.46 bits per heavy atom. The number of likely N-dealkylation sites (tertiary alicyclic amines) is 1. The lowest BCUT2D eigenvalue weighted by molar-refractivity contribution is -0.120. The van der Waals surface area contributed by atoms with Crippen LogP contribution in [0.2, 0.25) is 0 Å². The predicted molar refractivity (Wildman–Crippen MR) is 129 cm³/mol. The summed E-state index contributed by atoms with van der Waals surface area (Å²) >= 11 is 0. The van der Waals surface area contributed by atoms with Crippen LogP contribution in [0.15, 0.2) is 67.0 Å². The number of hydrogen-bond acceptors (Lipinski definition) is 6. The topological polar surface area (TPSA) is 87.7 Å². The molecule has 0 spiro atoms. The van der Waals surface area contributed by atoms with E-state index in [1.807, 2.05) is 30.3 Å². The van der Waals surface area contributed by atoms with Crippen molar-refractivity contribution < 1.29 is 18.7 Å². The zero-order valence-electron chi connectivity index (χ0n) is 19.1. The Morgan fingerprint density at radius 2 is 1.77 bits per heavy atom. The molecule has 2 aliphatic rings. The molecule has 0 unspecified atom stereocenters. The molecule has 1 N–H and O–H groups in total. The number of benzene rings is 2. The van der Waals surface area contributed by atoms with Crippen LogP contribution in [0.1, 0.15) is 23.2 Å². The number of carbonyl (C=O) groups excluding carboxylic acids is 2. The number of amides is 2. The van der Waals surface area contributed by atoms with E-state index in [1.165, 1.54) is 12.1 Å². The van der Waals surface area contributed by atoms with Gasteiger partial charge in [-0.2, -0.15) is 10.2 Å². The summed E-state index contributed by atoms with van der Waals surface area (Å²) in [5, 5.41) is 10.6. The summed E-state index contributed by atoms with van der Waals surface area (Å²) in [6.45, 7) is 2.42. The number of piperidine rings is 1. The highest BCUT2D eigenvalue weighted by molar-refractivity contribution is 5.95. The first-order chi connectivity index (χ1) is 17.0. The molecule has 3 heterocycles. The molecule has 2 aliphatic heterocycles. The van der Waals surface area contributed by atoms with Gasteiger partial charge in [0.05, 0.1) is 24.0 Å². The lowest BCUT2D eigenvalue weighted by Gasteiger charge is -2.39. The van der Waals surface area contributed by atoms with E-state index < -0.39 is 5.82 Å². The van der Waals surface area contributed by atoms with Crippen LogP contribution in [0.5, 0.6) is 5.75 Å². The van der Waals surface area contributed by atoms with Gasteiger partial charge in [0.25, 0.3) is 5.91 Å². The van der Waals surface area contributed by atoms with Gasteiger partial charge >= 0.3 is 0 Å². The first kappa shape index (κ1) is 22.8. The number of nitrogens with zero attached hydrogens (tertiary/aromatic N) is 4. The van der Waals surface area contributed by atoms with E-state index in [0.717, 1.165) is 17.1 Å². The number of ether oxygens (including phenoxy) is 1. The van der Waals surface area contributed by atoms with Crippen LogP contribution >= 0.6 is 0 Å². The van der Waals surface area contributed by atoms with Crippen LogP contribution < -0.4 is 15.0 Å². The maximum Gasteiger partial charge on any atom is 0.253 e. The van der Waals surface area contributed by atoms with Gasteiger partial charge in [-0.1, -0.05) is 6.07 Å². The third-order valence-electron chi connectivity index (χ3n) is 6.41. The average Bonchev–Trinajstić information content (AvgIpc) is 2.85. The molecular formula is C26H26FN5O3. The van der Waals surface area contributed by atoms with Crippen LogP contribution in [-0.2, 0) is 4.79 Å². The van der Waals surface area contributed by atoms with Crippen molar-refractivity contribution in [3.8, 4) is 5.75 Å².